The second-order valence-corrected chi connectivity index (χ2v) is 8.81. The van der Waals surface area contributed by atoms with Gasteiger partial charge in [-0.15, -0.1) is 10.2 Å². The number of nitro benzene ring substituents is 1. The van der Waals surface area contributed by atoms with Gasteiger partial charge in [-0.2, -0.15) is 0 Å². The summed E-state index contributed by atoms with van der Waals surface area (Å²) in [7, 11) is 0. The zero-order valence-corrected chi connectivity index (χ0v) is 20.0. The Hall–Kier alpha value is -3.98. The number of thioether (sulfide) groups is 1. The lowest BCUT2D eigenvalue weighted by Crippen LogP contribution is -2.29. The second-order valence-electron chi connectivity index (χ2n) is 7.87. The Morgan fingerprint density at radius 3 is 2.29 bits per heavy atom. The van der Waals surface area contributed by atoms with Crippen LogP contribution >= 0.6 is 11.8 Å². The van der Waals surface area contributed by atoms with E-state index in [0.717, 1.165) is 11.1 Å². The van der Waals surface area contributed by atoms with Gasteiger partial charge in [0.25, 0.3) is 5.69 Å². The number of amides is 1. The van der Waals surface area contributed by atoms with Gasteiger partial charge in [-0.3, -0.25) is 19.5 Å². The first-order valence-corrected chi connectivity index (χ1v) is 12.2. The average Bonchev–Trinajstić information content (AvgIpc) is 3.30. The van der Waals surface area contributed by atoms with Crippen molar-refractivity contribution < 1.29 is 9.72 Å². The molecule has 4 aromatic rings. The van der Waals surface area contributed by atoms with E-state index in [1.165, 1.54) is 23.9 Å². The van der Waals surface area contributed by atoms with E-state index in [1.54, 1.807) is 12.1 Å². The molecular formula is C26H25N5O3S. The van der Waals surface area contributed by atoms with Crippen LogP contribution in [0.4, 0.5) is 5.69 Å². The average molecular weight is 488 g/mol. The molecule has 1 N–H and O–H groups in total. The van der Waals surface area contributed by atoms with E-state index in [-0.39, 0.29) is 24.1 Å². The van der Waals surface area contributed by atoms with Gasteiger partial charge in [0.1, 0.15) is 0 Å². The van der Waals surface area contributed by atoms with Gasteiger partial charge < -0.3 is 5.32 Å². The molecular weight excluding hydrogens is 462 g/mol. The Morgan fingerprint density at radius 1 is 1.00 bits per heavy atom. The van der Waals surface area contributed by atoms with Gasteiger partial charge in [0.2, 0.25) is 5.91 Å². The molecule has 0 fully saturated rings. The molecule has 0 radical (unpaired) electrons. The quantitative estimate of drug-likeness (QED) is 0.185. The number of benzene rings is 3. The Kier molecular flexibility index (Phi) is 7.89. The zero-order chi connectivity index (χ0) is 24.6. The number of carbonyl (C=O) groups is 1. The van der Waals surface area contributed by atoms with Crippen molar-refractivity contribution in [3.63, 3.8) is 0 Å². The molecule has 0 bridgehead atoms. The monoisotopic (exact) mass is 487 g/mol. The van der Waals surface area contributed by atoms with E-state index in [9.17, 15) is 14.9 Å². The second kappa shape index (κ2) is 11.4. The van der Waals surface area contributed by atoms with Crippen LogP contribution in [0.2, 0.25) is 0 Å². The highest BCUT2D eigenvalue weighted by molar-refractivity contribution is 7.98. The highest BCUT2D eigenvalue weighted by Crippen LogP contribution is 2.27. The van der Waals surface area contributed by atoms with Crippen LogP contribution in [0.5, 0.6) is 0 Å². The van der Waals surface area contributed by atoms with E-state index < -0.39 is 4.92 Å². The number of nitrogens with one attached hydrogen (secondary N) is 1. The number of rotatable bonds is 10. The largest absolute Gasteiger partial charge is 0.348 e. The molecule has 0 aliphatic rings. The number of nitrogens with zero attached hydrogens (tertiary/aromatic N) is 4. The molecule has 3 aromatic carbocycles. The number of hydrogen-bond acceptors (Lipinski definition) is 6. The fourth-order valence-corrected chi connectivity index (χ4v) is 4.69. The number of nitro groups is 1. The molecule has 0 spiro atoms. The number of hydrogen-bond donors (Lipinski definition) is 1. The maximum Gasteiger partial charge on any atom is 0.269 e. The molecule has 0 aliphatic heterocycles. The van der Waals surface area contributed by atoms with Crippen LogP contribution in [-0.4, -0.2) is 25.6 Å². The molecule has 1 aromatic heterocycles. The predicted octanol–water partition coefficient (Wildman–Crippen LogP) is 5.28. The molecule has 0 saturated heterocycles. The summed E-state index contributed by atoms with van der Waals surface area (Å²) in [6.45, 7) is 2.16. The maximum atomic E-state index is 13.0. The van der Waals surface area contributed by atoms with Crippen LogP contribution in [0.25, 0.3) is 5.69 Å². The van der Waals surface area contributed by atoms with Gasteiger partial charge in [0, 0.05) is 23.6 Å². The summed E-state index contributed by atoms with van der Waals surface area (Å²) in [5.74, 6) is 0.879. The third kappa shape index (κ3) is 5.93. The molecule has 1 atom stereocenters. The van der Waals surface area contributed by atoms with Crippen molar-refractivity contribution in [2.75, 3.05) is 0 Å². The molecule has 1 amide bonds. The van der Waals surface area contributed by atoms with Crippen molar-refractivity contribution in [1.29, 1.82) is 0 Å². The fraction of sp³-hybridized carbons (Fsp3) is 0.192. The van der Waals surface area contributed by atoms with Crippen LogP contribution in [0, 0.1) is 10.1 Å². The van der Waals surface area contributed by atoms with Gasteiger partial charge in [0.15, 0.2) is 11.0 Å². The summed E-state index contributed by atoms with van der Waals surface area (Å²) in [4.78, 5) is 23.7. The van der Waals surface area contributed by atoms with Gasteiger partial charge >= 0.3 is 0 Å². The third-order valence-electron chi connectivity index (χ3n) is 5.58. The molecule has 9 heteroatoms. The van der Waals surface area contributed by atoms with Gasteiger partial charge in [-0.1, -0.05) is 79.3 Å². The topological polar surface area (TPSA) is 103 Å². The van der Waals surface area contributed by atoms with Gasteiger partial charge in [-0.05, 0) is 29.7 Å². The van der Waals surface area contributed by atoms with E-state index in [0.29, 0.717) is 28.8 Å². The summed E-state index contributed by atoms with van der Waals surface area (Å²) in [5.41, 5.74) is 2.79. The van der Waals surface area contributed by atoms with Gasteiger partial charge in [0.05, 0.1) is 17.4 Å². The number of non-ortho nitro benzene ring substituents is 1. The molecule has 178 valence electrons. The first kappa shape index (κ1) is 24.2. The lowest BCUT2D eigenvalue weighted by molar-refractivity contribution is -0.384. The van der Waals surface area contributed by atoms with E-state index in [4.69, 9.17) is 0 Å². The van der Waals surface area contributed by atoms with Crippen LogP contribution in [0.1, 0.15) is 36.2 Å². The molecule has 0 aliphatic carbocycles. The summed E-state index contributed by atoms with van der Waals surface area (Å²) < 4.78 is 1.83. The van der Waals surface area contributed by atoms with E-state index >= 15 is 0 Å². The van der Waals surface area contributed by atoms with Crippen molar-refractivity contribution in [1.82, 2.24) is 20.1 Å². The van der Waals surface area contributed by atoms with Crippen molar-refractivity contribution >= 4 is 23.4 Å². The predicted molar refractivity (Wildman–Crippen MR) is 135 cm³/mol. The molecule has 35 heavy (non-hydrogen) atoms. The molecule has 1 unspecified atom stereocenters. The Morgan fingerprint density at radius 2 is 1.66 bits per heavy atom. The fourth-order valence-electron chi connectivity index (χ4n) is 3.76. The Bertz CT molecular complexity index is 1280. The standard InChI is InChI=1S/C26H25N5O3S/c1-2-23(20-11-7-4-8-12-20)25(32)27-17-24-28-29-26(35-18-19-9-5-3-6-10-19)30(24)21-13-15-22(16-14-21)31(33)34/h3-16,23H,2,17-18H2,1H3,(H,27,32). The lowest BCUT2D eigenvalue weighted by atomic mass is 9.96. The summed E-state index contributed by atoms with van der Waals surface area (Å²) in [6, 6.07) is 25.9. The number of carbonyl (C=O) groups excluding carboxylic acids is 1. The zero-order valence-electron chi connectivity index (χ0n) is 19.2. The molecule has 0 saturated carbocycles. The maximum absolute atomic E-state index is 13.0. The normalized spacial score (nSPS) is 11.7. The van der Waals surface area contributed by atoms with Crippen molar-refractivity contribution in [3.8, 4) is 5.69 Å². The smallest absolute Gasteiger partial charge is 0.269 e. The van der Waals surface area contributed by atoms with Crippen molar-refractivity contribution in [3.05, 3.63) is 112 Å². The minimum atomic E-state index is -0.434. The van der Waals surface area contributed by atoms with Crippen molar-refractivity contribution in [2.45, 2.75) is 36.7 Å². The highest BCUT2D eigenvalue weighted by atomic mass is 32.2. The minimum absolute atomic E-state index is 0.00353. The number of aromatic nitrogens is 3. The highest BCUT2D eigenvalue weighted by Gasteiger charge is 2.21. The molecule has 4 rings (SSSR count). The first-order chi connectivity index (χ1) is 17.1. The Balaban J connectivity index is 1.57. The summed E-state index contributed by atoms with van der Waals surface area (Å²) in [6.07, 6.45) is 0.670. The Labute approximate surface area is 207 Å². The minimum Gasteiger partial charge on any atom is -0.348 e. The summed E-state index contributed by atoms with van der Waals surface area (Å²) >= 11 is 1.51. The van der Waals surface area contributed by atoms with E-state index in [2.05, 4.69) is 15.5 Å². The first-order valence-electron chi connectivity index (χ1n) is 11.2. The summed E-state index contributed by atoms with van der Waals surface area (Å²) in [5, 5.41) is 23.4. The van der Waals surface area contributed by atoms with Crippen LogP contribution in [0.15, 0.2) is 90.1 Å². The lowest BCUT2D eigenvalue weighted by Gasteiger charge is -2.16. The van der Waals surface area contributed by atoms with Crippen LogP contribution in [-0.2, 0) is 17.1 Å². The third-order valence-corrected chi connectivity index (χ3v) is 6.58. The van der Waals surface area contributed by atoms with Crippen LogP contribution < -0.4 is 5.32 Å². The van der Waals surface area contributed by atoms with Gasteiger partial charge in [-0.25, -0.2) is 0 Å². The SMILES string of the molecule is CCC(C(=O)NCc1nnc(SCc2ccccc2)n1-c1ccc([N+](=O)[O-])cc1)c1ccccc1. The van der Waals surface area contributed by atoms with Crippen LogP contribution in [0.3, 0.4) is 0 Å². The molecule has 1 heterocycles. The van der Waals surface area contributed by atoms with Crippen molar-refractivity contribution in [2.24, 2.45) is 0 Å². The van der Waals surface area contributed by atoms with E-state index in [1.807, 2.05) is 72.2 Å². The molecule has 8 nitrogen and oxygen atoms in total.